The van der Waals surface area contributed by atoms with Crippen molar-refractivity contribution in [3.63, 3.8) is 0 Å². The number of aromatic nitrogens is 1. The van der Waals surface area contributed by atoms with Gasteiger partial charge < -0.3 is 18.8 Å². The number of aryl methyl sites for hydroxylation is 1. The van der Waals surface area contributed by atoms with Crippen LogP contribution in [0.4, 0.5) is 9.18 Å². The minimum absolute atomic E-state index is 0.0640. The molecule has 1 unspecified atom stereocenters. The van der Waals surface area contributed by atoms with Crippen LogP contribution in [0.15, 0.2) is 71.7 Å². The predicted octanol–water partition coefficient (Wildman–Crippen LogP) is 4.65. The minimum atomic E-state index is -1.12. The number of cyclic esters (lactones) is 1. The summed E-state index contributed by atoms with van der Waals surface area (Å²) in [5, 5.41) is 0. The van der Waals surface area contributed by atoms with E-state index in [2.05, 4.69) is 4.72 Å². The van der Waals surface area contributed by atoms with Gasteiger partial charge >= 0.3 is 6.09 Å². The summed E-state index contributed by atoms with van der Waals surface area (Å²) in [5.41, 5.74) is 2.70. The van der Waals surface area contributed by atoms with Crippen LogP contribution in [-0.2, 0) is 28.7 Å². The Bertz CT molecular complexity index is 1280. The molecule has 3 atom stereocenters. The van der Waals surface area contributed by atoms with Gasteiger partial charge in [0.15, 0.2) is 0 Å². The molecule has 0 radical (unpaired) electrons. The summed E-state index contributed by atoms with van der Waals surface area (Å²) < 4.78 is 35.5. The van der Waals surface area contributed by atoms with Gasteiger partial charge in [0.25, 0.3) is 0 Å². The number of hydrogen-bond acceptors (Lipinski definition) is 5. The number of hydrogen-bond donors (Lipinski definition) is 1. The lowest BCUT2D eigenvalue weighted by atomic mass is 9.84. The van der Waals surface area contributed by atoms with E-state index in [0.717, 1.165) is 22.3 Å². The van der Waals surface area contributed by atoms with E-state index in [0.29, 0.717) is 32.4 Å². The highest BCUT2D eigenvalue weighted by molar-refractivity contribution is 7.88. The number of ether oxygens (including phenoxy) is 1. The molecule has 7 nitrogen and oxygen atoms in total. The molecule has 0 aliphatic carbocycles. The van der Waals surface area contributed by atoms with Gasteiger partial charge in [0.1, 0.15) is 17.7 Å². The van der Waals surface area contributed by atoms with Gasteiger partial charge in [-0.05, 0) is 60.2 Å². The van der Waals surface area contributed by atoms with Crippen LogP contribution in [0.1, 0.15) is 43.4 Å². The van der Waals surface area contributed by atoms with Crippen LogP contribution in [0.3, 0.4) is 0 Å². The summed E-state index contributed by atoms with van der Waals surface area (Å²) in [7, 11) is 1.72. The average Bonchev–Trinajstić information content (AvgIpc) is 2.88. The Morgan fingerprint density at radius 2 is 1.76 bits per heavy atom. The molecule has 4 rings (SSSR count). The molecule has 1 saturated heterocycles. The van der Waals surface area contributed by atoms with Crippen LogP contribution in [-0.4, -0.2) is 39.5 Å². The summed E-state index contributed by atoms with van der Waals surface area (Å²) in [4.78, 5) is 26.7. The van der Waals surface area contributed by atoms with Gasteiger partial charge in [-0.1, -0.05) is 36.4 Å². The van der Waals surface area contributed by atoms with Gasteiger partial charge in [-0.15, -0.1) is 4.72 Å². The second-order valence-electron chi connectivity index (χ2n) is 9.43. The summed E-state index contributed by atoms with van der Waals surface area (Å²) in [6.07, 6.45) is 4.69. The number of pyridine rings is 1. The molecule has 1 amide bonds. The fourth-order valence-corrected chi connectivity index (χ4v) is 5.22. The van der Waals surface area contributed by atoms with Crippen molar-refractivity contribution in [2.24, 2.45) is 7.05 Å². The topological polar surface area (TPSA) is 86.6 Å². The van der Waals surface area contributed by atoms with Gasteiger partial charge in [0, 0.05) is 50.2 Å². The highest BCUT2D eigenvalue weighted by Gasteiger charge is 2.43. The van der Waals surface area contributed by atoms with Crippen molar-refractivity contribution in [3.8, 4) is 11.1 Å². The molecule has 0 saturated carbocycles. The molecule has 1 N–H and O–H groups in total. The summed E-state index contributed by atoms with van der Waals surface area (Å²) >= 11 is -1.12. The third-order valence-electron chi connectivity index (χ3n) is 6.99. The van der Waals surface area contributed by atoms with Crippen molar-refractivity contribution in [2.75, 3.05) is 19.3 Å². The maximum absolute atomic E-state index is 13.6. The van der Waals surface area contributed by atoms with Crippen molar-refractivity contribution in [2.45, 2.75) is 37.8 Å². The van der Waals surface area contributed by atoms with Crippen LogP contribution < -0.4 is 10.3 Å². The highest BCUT2D eigenvalue weighted by Crippen LogP contribution is 2.40. The second kappa shape index (κ2) is 11.5. The number of rotatable bonds is 9. The fraction of sp³-hybridized carbons (Fsp3) is 0.357. The number of amides is 1. The zero-order valence-corrected chi connectivity index (χ0v) is 22.1. The first kappa shape index (κ1) is 26.9. The largest absolute Gasteiger partial charge is 0.598 e. The van der Waals surface area contributed by atoms with Crippen molar-refractivity contribution < 1.29 is 18.5 Å². The van der Waals surface area contributed by atoms with Crippen molar-refractivity contribution >= 4 is 17.5 Å². The van der Waals surface area contributed by atoms with E-state index in [4.69, 9.17) is 4.74 Å². The first-order valence-corrected chi connectivity index (χ1v) is 13.8. The highest BCUT2D eigenvalue weighted by atomic mass is 32.2. The maximum atomic E-state index is 13.6. The van der Waals surface area contributed by atoms with E-state index >= 15 is 0 Å². The number of benzene rings is 2. The maximum Gasteiger partial charge on any atom is 0.411 e. The van der Waals surface area contributed by atoms with Crippen LogP contribution >= 0.6 is 0 Å². The van der Waals surface area contributed by atoms with Crippen LogP contribution in [0, 0.1) is 5.82 Å². The molecule has 3 aromatic rings. The standard InChI is InChI=1S/C28H32FN3O4S/c1-20(21-5-7-22(8-6-21)23-9-14-26(33)31(2)19-23)32-18-16-28(36-27(32)34,15-4-17-30-37(3)35)24-10-12-25(29)13-11-24/h5-14,19-20,30H,4,15-18H2,1-3H3/t20-,28+,37?/m0/s1. The van der Waals surface area contributed by atoms with Crippen LogP contribution in [0.2, 0.25) is 0 Å². The Morgan fingerprint density at radius 1 is 1.08 bits per heavy atom. The van der Waals surface area contributed by atoms with Crippen LogP contribution in [0.25, 0.3) is 11.1 Å². The number of carbonyl (C=O) groups excluding carboxylic acids is 1. The normalized spacial score (nSPS) is 19.4. The number of halogens is 1. The van der Waals surface area contributed by atoms with Gasteiger partial charge in [-0.2, -0.15) is 0 Å². The number of nitrogens with zero attached hydrogens (tertiary/aromatic N) is 2. The molecule has 1 aromatic heterocycles. The first-order valence-electron chi connectivity index (χ1n) is 12.3. The predicted molar refractivity (Wildman–Crippen MR) is 143 cm³/mol. The van der Waals surface area contributed by atoms with E-state index in [1.807, 2.05) is 31.2 Å². The van der Waals surface area contributed by atoms with E-state index in [9.17, 15) is 18.5 Å². The van der Waals surface area contributed by atoms with Gasteiger partial charge in [-0.25, -0.2) is 9.18 Å². The van der Waals surface area contributed by atoms with Crippen molar-refractivity contribution in [1.82, 2.24) is 14.2 Å². The molecular weight excluding hydrogens is 493 g/mol. The molecule has 1 aliphatic heterocycles. The Kier molecular flexibility index (Phi) is 8.36. The molecule has 0 spiro atoms. The average molecular weight is 526 g/mol. The third-order valence-corrected chi connectivity index (χ3v) is 7.60. The zero-order valence-electron chi connectivity index (χ0n) is 21.3. The molecule has 2 heterocycles. The molecule has 2 aromatic carbocycles. The van der Waals surface area contributed by atoms with E-state index in [1.165, 1.54) is 12.1 Å². The van der Waals surface area contributed by atoms with Crippen molar-refractivity contribution in [1.29, 1.82) is 0 Å². The zero-order chi connectivity index (χ0) is 26.6. The monoisotopic (exact) mass is 525 g/mol. The molecule has 37 heavy (non-hydrogen) atoms. The van der Waals surface area contributed by atoms with Crippen LogP contribution in [0.5, 0.6) is 0 Å². The fourth-order valence-electron chi connectivity index (χ4n) is 4.79. The first-order chi connectivity index (χ1) is 17.7. The van der Waals surface area contributed by atoms with Gasteiger partial charge in [0.05, 0.1) is 6.04 Å². The quantitative estimate of drug-likeness (QED) is 0.325. The Morgan fingerprint density at radius 3 is 2.38 bits per heavy atom. The number of nitrogens with one attached hydrogen (secondary N) is 1. The van der Waals surface area contributed by atoms with Gasteiger partial charge in [-0.3, -0.25) is 4.79 Å². The van der Waals surface area contributed by atoms with E-state index < -0.39 is 23.1 Å². The third kappa shape index (κ3) is 6.23. The Balaban J connectivity index is 1.49. The second-order valence-corrected chi connectivity index (χ2v) is 10.6. The molecule has 9 heteroatoms. The lowest BCUT2D eigenvalue weighted by molar-refractivity contribution is -0.0662. The summed E-state index contributed by atoms with van der Waals surface area (Å²) in [5.74, 6) is -0.347. The molecule has 196 valence electrons. The molecule has 1 aliphatic rings. The van der Waals surface area contributed by atoms with Gasteiger partial charge in [0.2, 0.25) is 5.56 Å². The minimum Gasteiger partial charge on any atom is -0.598 e. The molecule has 1 fully saturated rings. The molecule has 0 bridgehead atoms. The van der Waals surface area contributed by atoms with E-state index in [1.54, 1.807) is 53.2 Å². The smallest absolute Gasteiger partial charge is 0.411 e. The Hall–Kier alpha value is -3.14. The lowest BCUT2D eigenvalue weighted by Gasteiger charge is -2.43. The summed E-state index contributed by atoms with van der Waals surface area (Å²) in [6.45, 7) is 2.96. The number of carbonyl (C=O) groups is 1. The van der Waals surface area contributed by atoms with Crippen molar-refractivity contribution in [3.05, 3.63) is 94.2 Å². The SMILES string of the molecule is C[C@@H](c1ccc(-c2ccc(=O)n(C)c2)cc1)N1CC[C@](CCCN[S+](C)[O-])(c2ccc(F)cc2)OC1=O. The summed E-state index contributed by atoms with van der Waals surface area (Å²) in [6, 6.07) is 17.2. The van der Waals surface area contributed by atoms with E-state index in [-0.39, 0.29) is 17.4 Å². The lowest BCUT2D eigenvalue weighted by Crippen LogP contribution is -2.49. The molecular formula is C28H32FN3O4S. The Labute approximate surface area is 219 Å².